The standard InChI is InChI=1S/C21H23FN4O2/c22-17-6-2-1-5-16(17)20(27)25-11-12-26(19-8-4-3-7-18(19)25)21(28)24-14-15-9-10-23-13-15/h1-8,15,23H,9-14H2,(H,24,28)/t15-/m0/s1. The molecule has 0 aliphatic carbocycles. The van der Waals surface area contributed by atoms with Gasteiger partial charge >= 0.3 is 6.03 Å². The van der Waals surface area contributed by atoms with Crippen molar-refractivity contribution >= 4 is 23.3 Å². The highest BCUT2D eigenvalue weighted by molar-refractivity contribution is 6.10. The maximum absolute atomic E-state index is 14.1. The first-order valence-electron chi connectivity index (χ1n) is 9.56. The van der Waals surface area contributed by atoms with E-state index in [0.29, 0.717) is 36.9 Å². The summed E-state index contributed by atoms with van der Waals surface area (Å²) < 4.78 is 14.1. The van der Waals surface area contributed by atoms with Gasteiger partial charge in [-0.05, 0) is 49.7 Å². The third kappa shape index (κ3) is 3.57. The molecule has 2 N–H and O–H groups in total. The minimum absolute atomic E-state index is 0.0314. The van der Waals surface area contributed by atoms with Crippen LogP contribution >= 0.6 is 0 Å². The van der Waals surface area contributed by atoms with Gasteiger partial charge in [0, 0.05) is 19.6 Å². The smallest absolute Gasteiger partial charge is 0.322 e. The summed E-state index contributed by atoms with van der Waals surface area (Å²) in [6, 6.07) is 13.0. The molecule has 0 unspecified atom stereocenters. The number of hydrogen-bond donors (Lipinski definition) is 2. The Morgan fingerprint density at radius 1 is 1.04 bits per heavy atom. The SMILES string of the molecule is O=C(NC[C@H]1CCNC1)N1CCN(C(=O)c2ccccc2F)c2ccccc21. The third-order valence-electron chi connectivity index (χ3n) is 5.31. The van der Waals surface area contributed by atoms with Crippen LogP contribution in [-0.2, 0) is 0 Å². The summed E-state index contributed by atoms with van der Waals surface area (Å²) in [4.78, 5) is 28.9. The lowest BCUT2D eigenvalue weighted by Gasteiger charge is -2.36. The number of para-hydroxylation sites is 2. The molecule has 1 fully saturated rings. The molecule has 4 rings (SSSR count). The van der Waals surface area contributed by atoms with Crippen LogP contribution in [0.15, 0.2) is 48.5 Å². The van der Waals surface area contributed by atoms with Crippen molar-refractivity contribution in [1.82, 2.24) is 10.6 Å². The quantitative estimate of drug-likeness (QED) is 0.858. The van der Waals surface area contributed by atoms with Crippen molar-refractivity contribution in [3.63, 3.8) is 0 Å². The summed E-state index contributed by atoms with van der Waals surface area (Å²) in [6.07, 6.45) is 1.06. The fourth-order valence-electron chi connectivity index (χ4n) is 3.78. The van der Waals surface area contributed by atoms with Crippen molar-refractivity contribution in [2.24, 2.45) is 5.92 Å². The highest BCUT2D eigenvalue weighted by Crippen LogP contribution is 2.34. The van der Waals surface area contributed by atoms with Crippen molar-refractivity contribution in [1.29, 1.82) is 0 Å². The van der Waals surface area contributed by atoms with Gasteiger partial charge in [0.1, 0.15) is 5.82 Å². The summed E-state index contributed by atoms with van der Waals surface area (Å²) in [7, 11) is 0. The Bertz CT molecular complexity index is 882. The lowest BCUT2D eigenvalue weighted by Crippen LogP contribution is -2.50. The number of anilines is 2. The Morgan fingerprint density at radius 2 is 1.71 bits per heavy atom. The van der Waals surface area contributed by atoms with E-state index in [0.717, 1.165) is 19.5 Å². The van der Waals surface area contributed by atoms with E-state index in [4.69, 9.17) is 0 Å². The fraction of sp³-hybridized carbons (Fsp3) is 0.333. The Morgan fingerprint density at radius 3 is 2.43 bits per heavy atom. The number of carbonyl (C=O) groups is 2. The van der Waals surface area contributed by atoms with Gasteiger partial charge in [-0.25, -0.2) is 9.18 Å². The monoisotopic (exact) mass is 382 g/mol. The number of nitrogens with one attached hydrogen (secondary N) is 2. The molecule has 0 spiro atoms. The second-order valence-electron chi connectivity index (χ2n) is 7.12. The van der Waals surface area contributed by atoms with Crippen LogP contribution in [0.1, 0.15) is 16.8 Å². The van der Waals surface area contributed by atoms with Crippen LogP contribution in [0, 0.1) is 11.7 Å². The van der Waals surface area contributed by atoms with E-state index in [1.807, 2.05) is 18.2 Å². The summed E-state index contributed by atoms with van der Waals surface area (Å²) >= 11 is 0. The van der Waals surface area contributed by atoms with Crippen molar-refractivity contribution in [3.8, 4) is 0 Å². The van der Waals surface area contributed by atoms with Crippen LogP contribution in [0.2, 0.25) is 0 Å². The molecule has 0 saturated carbocycles. The molecule has 2 aromatic carbocycles. The Kier molecular flexibility index (Phi) is 5.25. The molecule has 2 aromatic rings. The number of benzene rings is 2. The molecule has 28 heavy (non-hydrogen) atoms. The van der Waals surface area contributed by atoms with Crippen LogP contribution in [-0.4, -0.2) is 44.7 Å². The van der Waals surface area contributed by atoms with E-state index >= 15 is 0 Å². The topological polar surface area (TPSA) is 64.7 Å². The predicted octanol–water partition coefficient (Wildman–Crippen LogP) is 2.61. The zero-order chi connectivity index (χ0) is 19.5. The van der Waals surface area contributed by atoms with E-state index < -0.39 is 11.7 Å². The summed E-state index contributed by atoms with van der Waals surface area (Å²) in [6.45, 7) is 3.19. The van der Waals surface area contributed by atoms with Gasteiger partial charge in [0.15, 0.2) is 0 Å². The largest absolute Gasteiger partial charge is 0.337 e. The van der Waals surface area contributed by atoms with Gasteiger partial charge in [-0.1, -0.05) is 24.3 Å². The number of fused-ring (bicyclic) bond motifs is 1. The van der Waals surface area contributed by atoms with Gasteiger partial charge in [-0.2, -0.15) is 0 Å². The highest BCUT2D eigenvalue weighted by Gasteiger charge is 2.31. The van der Waals surface area contributed by atoms with E-state index in [1.54, 1.807) is 28.0 Å². The zero-order valence-electron chi connectivity index (χ0n) is 15.5. The van der Waals surface area contributed by atoms with Gasteiger partial charge < -0.3 is 15.5 Å². The van der Waals surface area contributed by atoms with Crippen LogP contribution < -0.4 is 20.4 Å². The molecule has 0 radical (unpaired) electrons. The normalized spacial score (nSPS) is 18.7. The Balaban J connectivity index is 1.54. The second-order valence-corrected chi connectivity index (χ2v) is 7.12. The van der Waals surface area contributed by atoms with Crippen molar-refractivity contribution in [2.45, 2.75) is 6.42 Å². The molecule has 6 nitrogen and oxygen atoms in total. The zero-order valence-corrected chi connectivity index (χ0v) is 15.5. The van der Waals surface area contributed by atoms with Crippen LogP contribution in [0.5, 0.6) is 0 Å². The van der Waals surface area contributed by atoms with E-state index in [-0.39, 0.29) is 11.6 Å². The minimum Gasteiger partial charge on any atom is -0.337 e. The molecule has 3 amide bonds. The highest BCUT2D eigenvalue weighted by atomic mass is 19.1. The lowest BCUT2D eigenvalue weighted by molar-refractivity contribution is 0.0982. The summed E-state index contributed by atoms with van der Waals surface area (Å²) in [5, 5.41) is 6.29. The van der Waals surface area contributed by atoms with Gasteiger partial charge in [0.05, 0.1) is 16.9 Å². The average Bonchev–Trinajstić information content (AvgIpc) is 3.25. The number of halogens is 1. The number of rotatable bonds is 3. The first-order chi connectivity index (χ1) is 13.6. The minimum atomic E-state index is -0.546. The molecular weight excluding hydrogens is 359 g/mol. The number of nitrogens with zero attached hydrogens (tertiary/aromatic N) is 2. The fourth-order valence-corrected chi connectivity index (χ4v) is 3.78. The van der Waals surface area contributed by atoms with Gasteiger partial charge in [-0.15, -0.1) is 0 Å². The molecule has 2 aliphatic rings. The van der Waals surface area contributed by atoms with E-state index in [2.05, 4.69) is 10.6 Å². The van der Waals surface area contributed by atoms with Crippen LogP contribution in [0.4, 0.5) is 20.6 Å². The van der Waals surface area contributed by atoms with Gasteiger partial charge in [0.2, 0.25) is 0 Å². The molecule has 146 valence electrons. The van der Waals surface area contributed by atoms with Gasteiger partial charge in [0.25, 0.3) is 5.91 Å². The van der Waals surface area contributed by atoms with Gasteiger partial charge in [-0.3, -0.25) is 9.69 Å². The number of urea groups is 1. The molecule has 7 heteroatoms. The van der Waals surface area contributed by atoms with Crippen LogP contribution in [0.3, 0.4) is 0 Å². The Hall–Kier alpha value is -2.93. The number of carbonyl (C=O) groups excluding carboxylic acids is 2. The first-order valence-corrected chi connectivity index (χ1v) is 9.56. The van der Waals surface area contributed by atoms with E-state index in [1.165, 1.54) is 12.1 Å². The maximum atomic E-state index is 14.1. The maximum Gasteiger partial charge on any atom is 0.322 e. The second kappa shape index (κ2) is 7.98. The van der Waals surface area contributed by atoms with E-state index in [9.17, 15) is 14.0 Å². The first kappa shape index (κ1) is 18.4. The predicted molar refractivity (Wildman–Crippen MR) is 106 cm³/mol. The van der Waals surface area contributed by atoms with Crippen LogP contribution in [0.25, 0.3) is 0 Å². The molecule has 2 aliphatic heterocycles. The van der Waals surface area contributed by atoms with Crippen molar-refractivity contribution in [3.05, 3.63) is 59.9 Å². The van der Waals surface area contributed by atoms with Crippen molar-refractivity contribution in [2.75, 3.05) is 42.5 Å². The third-order valence-corrected chi connectivity index (χ3v) is 5.31. The number of amides is 3. The Labute approximate surface area is 163 Å². The molecular formula is C21H23FN4O2. The molecule has 0 aromatic heterocycles. The molecule has 2 heterocycles. The lowest BCUT2D eigenvalue weighted by atomic mass is 10.1. The summed E-state index contributed by atoms with van der Waals surface area (Å²) in [5.74, 6) is -0.499. The molecule has 1 atom stereocenters. The average molecular weight is 382 g/mol. The summed E-state index contributed by atoms with van der Waals surface area (Å²) in [5.41, 5.74) is 1.30. The molecule has 1 saturated heterocycles. The molecule has 0 bridgehead atoms. The van der Waals surface area contributed by atoms with Crippen molar-refractivity contribution < 1.29 is 14.0 Å². The number of hydrogen-bond acceptors (Lipinski definition) is 3.